The molecule has 20 heavy (non-hydrogen) atoms. The molecule has 0 fully saturated rings. The zero-order valence-electron chi connectivity index (χ0n) is 13.1. The SMILES string of the molecule is Cc1ccc([Si](c2ncccn2)(C(C)C)C(C)C)cc1. The Morgan fingerprint density at radius 1 is 0.850 bits per heavy atom. The van der Waals surface area contributed by atoms with Gasteiger partial charge in [0.05, 0.1) is 0 Å². The van der Waals surface area contributed by atoms with Crippen LogP contribution in [0.4, 0.5) is 0 Å². The molecule has 3 heteroatoms. The first kappa shape index (κ1) is 14.9. The summed E-state index contributed by atoms with van der Waals surface area (Å²) in [5.74, 6) is 0. The Bertz CT molecular complexity index is 539. The number of rotatable bonds is 4. The lowest BCUT2D eigenvalue weighted by Crippen LogP contribution is -2.64. The van der Waals surface area contributed by atoms with Crippen molar-refractivity contribution < 1.29 is 0 Å². The second-order valence-electron chi connectivity index (χ2n) is 6.12. The van der Waals surface area contributed by atoms with Gasteiger partial charge in [0.25, 0.3) is 0 Å². The van der Waals surface area contributed by atoms with Gasteiger partial charge in [-0.05, 0) is 29.3 Å². The van der Waals surface area contributed by atoms with Gasteiger partial charge in [0.1, 0.15) is 5.45 Å². The molecule has 0 aliphatic carbocycles. The molecule has 0 spiro atoms. The first-order valence-electron chi connectivity index (χ1n) is 7.34. The van der Waals surface area contributed by atoms with E-state index in [9.17, 15) is 0 Å². The minimum Gasteiger partial charge on any atom is -0.246 e. The summed E-state index contributed by atoms with van der Waals surface area (Å²) in [5, 5.41) is 1.44. The molecule has 0 atom stereocenters. The third-order valence-electron chi connectivity index (χ3n) is 4.29. The monoisotopic (exact) mass is 284 g/mol. The molecule has 106 valence electrons. The number of hydrogen-bond acceptors (Lipinski definition) is 2. The van der Waals surface area contributed by atoms with Gasteiger partial charge in [0.2, 0.25) is 0 Å². The van der Waals surface area contributed by atoms with Gasteiger partial charge in [-0.2, -0.15) is 0 Å². The van der Waals surface area contributed by atoms with E-state index in [1.54, 1.807) is 0 Å². The zero-order valence-corrected chi connectivity index (χ0v) is 14.1. The average Bonchev–Trinajstić information content (AvgIpc) is 2.42. The van der Waals surface area contributed by atoms with Crippen LogP contribution in [0.3, 0.4) is 0 Å². The maximum atomic E-state index is 4.64. The van der Waals surface area contributed by atoms with Gasteiger partial charge >= 0.3 is 0 Å². The summed E-state index contributed by atoms with van der Waals surface area (Å²) in [4.78, 5) is 9.29. The van der Waals surface area contributed by atoms with Gasteiger partial charge < -0.3 is 0 Å². The van der Waals surface area contributed by atoms with E-state index in [0.717, 1.165) is 5.45 Å². The van der Waals surface area contributed by atoms with Crippen LogP contribution in [-0.2, 0) is 0 Å². The van der Waals surface area contributed by atoms with Crippen molar-refractivity contribution in [3.05, 3.63) is 48.3 Å². The van der Waals surface area contributed by atoms with Crippen molar-refractivity contribution in [3.8, 4) is 0 Å². The molecular formula is C17H24N2Si. The highest BCUT2D eigenvalue weighted by molar-refractivity contribution is 7.03. The molecule has 2 nitrogen and oxygen atoms in total. The lowest BCUT2D eigenvalue weighted by molar-refractivity contribution is 0.916. The normalized spacial score (nSPS) is 12.2. The molecule has 0 N–H and O–H groups in total. The first-order chi connectivity index (χ1) is 9.49. The predicted octanol–water partition coefficient (Wildman–Crippen LogP) is 3.17. The highest BCUT2D eigenvalue weighted by atomic mass is 28.3. The van der Waals surface area contributed by atoms with Crippen LogP contribution in [0.5, 0.6) is 0 Å². The van der Waals surface area contributed by atoms with Crippen molar-refractivity contribution in [2.75, 3.05) is 0 Å². The topological polar surface area (TPSA) is 25.8 Å². The molecule has 0 bridgehead atoms. The third kappa shape index (κ3) is 2.42. The molecule has 1 aromatic carbocycles. The fraction of sp³-hybridized carbons (Fsp3) is 0.412. The van der Waals surface area contributed by atoms with E-state index < -0.39 is 8.07 Å². The van der Waals surface area contributed by atoms with Gasteiger partial charge in [0.15, 0.2) is 8.07 Å². The lowest BCUT2D eigenvalue weighted by Gasteiger charge is -2.38. The molecule has 0 saturated carbocycles. The van der Waals surface area contributed by atoms with Crippen LogP contribution in [0.2, 0.25) is 11.1 Å². The lowest BCUT2D eigenvalue weighted by atomic mass is 10.2. The van der Waals surface area contributed by atoms with Gasteiger partial charge in [-0.3, -0.25) is 0 Å². The highest BCUT2D eigenvalue weighted by Crippen LogP contribution is 2.31. The second-order valence-corrected chi connectivity index (χ2v) is 11.2. The number of benzene rings is 1. The Kier molecular flexibility index (Phi) is 4.38. The minimum absolute atomic E-state index is 0.563. The van der Waals surface area contributed by atoms with Crippen LogP contribution >= 0.6 is 0 Å². The first-order valence-corrected chi connectivity index (χ1v) is 9.49. The minimum atomic E-state index is -1.95. The number of aryl methyl sites for hydroxylation is 1. The Morgan fingerprint density at radius 3 is 1.80 bits per heavy atom. The summed E-state index contributed by atoms with van der Waals surface area (Å²) >= 11 is 0. The molecular weight excluding hydrogens is 260 g/mol. The quantitative estimate of drug-likeness (QED) is 0.806. The Labute approximate surface area is 123 Å². The van der Waals surface area contributed by atoms with Crippen molar-refractivity contribution in [2.24, 2.45) is 0 Å². The smallest absolute Gasteiger partial charge is 0.170 e. The summed E-state index contributed by atoms with van der Waals surface area (Å²) in [6, 6.07) is 10.9. The third-order valence-corrected chi connectivity index (χ3v) is 10.2. The van der Waals surface area contributed by atoms with E-state index in [-0.39, 0.29) is 0 Å². The molecule has 0 unspecified atom stereocenters. The Morgan fingerprint density at radius 2 is 1.35 bits per heavy atom. The van der Waals surface area contributed by atoms with Crippen LogP contribution in [0.15, 0.2) is 42.7 Å². The fourth-order valence-electron chi connectivity index (χ4n) is 3.32. The second kappa shape index (κ2) is 5.88. The number of aromatic nitrogens is 2. The summed E-state index contributed by atoms with van der Waals surface area (Å²) in [7, 11) is -1.95. The van der Waals surface area contributed by atoms with Crippen LogP contribution in [-0.4, -0.2) is 18.0 Å². The van der Waals surface area contributed by atoms with Gasteiger partial charge in [-0.1, -0.05) is 57.5 Å². The molecule has 0 saturated heterocycles. The van der Waals surface area contributed by atoms with E-state index in [0.29, 0.717) is 11.1 Å². The van der Waals surface area contributed by atoms with E-state index in [4.69, 9.17) is 0 Å². The van der Waals surface area contributed by atoms with Gasteiger partial charge in [0, 0.05) is 12.4 Å². The summed E-state index contributed by atoms with van der Waals surface area (Å²) in [6.45, 7) is 11.4. The predicted molar refractivity (Wildman–Crippen MR) is 88.4 cm³/mol. The molecule has 0 radical (unpaired) electrons. The Hall–Kier alpha value is -1.48. The van der Waals surface area contributed by atoms with Crippen molar-refractivity contribution in [1.82, 2.24) is 9.97 Å². The van der Waals surface area contributed by atoms with Crippen LogP contribution < -0.4 is 10.6 Å². The van der Waals surface area contributed by atoms with E-state index in [2.05, 4.69) is 68.9 Å². The van der Waals surface area contributed by atoms with Crippen LogP contribution in [0, 0.1) is 6.92 Å². The maximum absolute atomic E-state index is 4.64. The van der Waals surface area contributed by atoms with Gasteiger partial charge in [-0.15, -0.1) is 0 Å². The van der Waals surface area contributed by atoms with Crippen LogP contribution in [0.25, 0.3) is 0 Å². The molecule has 1 heterocycles. The van der Waals surface area contributed by atoms with Crippen molar-refractivity contribution >= 4 is 18.7 Å². The molecule has 2 aromatic rings. The molecule has 0 aliphatic heterocycles. The highest BCUT2D eigenvalue weighted by Gasteiger charge is 2.46. The van der Waals surface area contributed by atoms with E-state index >= 15 is 0 Å². The standard InChI is InChI=1S/C17H24N2Si/c1-13(2)20(14(3)4,17-18-11-6-12-19-17)16-9-7-15(5)8-10-16/h6-14H,1-5H3. The molecule has 0 aliphatic rings. The van der Waals surface area contributed by atoms with E-state index in [1.807, 2.05) is 18.5 Å². The zero-order chi connectivity index (χ0) is 14.8. The number of hydrogen-bond donors (Lipinski definition) is 0. The summed E-state index contributed by atoms with van der Waals surface area (Å²) in [5.41, 5.74) is 3.49. The molecule has 0 amide bonds. The summed E-state index contributed by atoms with van der Waals surface area (Å²) in [6.07, 6.45) is 3.76. The summed E-state index contributed by atoms with van der Waals surface area (Å²) < 4.78 is 0. The van der Waals surface area contributed by atoms with Gasteiger partial charge in [-0.25, -0.2) is 9.97 Å². The van der Waals surface area contributed by atoms with Crippen molar-refractivity contribution in [3.63, 3.8) is 0 Å². The molecule has 1 aromatic heterocycles. The van der Waals surface area contributed by atoms with Crippen molar-refractivity contribution in [2.45, 2.75) is 45.7 Å². The average molecular weight is 284 g/mol. The largest absolute Gasteiger partial charge is 0.246 e. The van der Waals surface area contributed by atoms with Crippen LogP contribution in [0.1, 0.15) is 33.3 Å². The van der Waals surface area contributed by atoms with Crippen molar-refractivity contribution in [1.29, 1.82) is 0 Å². The molecule has 2 rings (SSSR count). The number of nitrogens with zero attached hydrogens (tertiary/aromatic N) is 2. The fourth-order valence-corrected chi connectivity index (χ4v) is 8.57. The van der Waals surface area contributed by atoms with E-state index in [1.165, 1.54) is 10.8 Å². The maximum Gasteiger partial charge on any atom is 0.170 e. The Balaban J connectivity index is 2.69.